The van der Waals surface area contributed by atoms with Gasteiger partial charge in [-0.1, -0.05) is 17.3 Å². The molecule has 3 aromatic rings. The van der Waals surface area contributed by atoms with Gasteiger partial charge in [0.25, 0.3) is 0 Å². The predicted octanol–water partition coefficient (Wildman–Crippen LogP) is 2.80. The highest BCUT2D eigenvalue weighted by molar-refractivity contribution is 5.72. The Hall–Kier alpha value is -2.96. The fourth-order valence-corrected chi connectivity index (χ4v) is 2.14. The summed E-state index contributed by atoms with van der Waals surface area (Å²) in [6, 6.07) is 10.1. The van der Waals surface area contributed by atoms with Crippen LogP contribution in [-0.4, -0.2) is 22.1 Å². The molecule has 0 aliphatic heterocycles. The van der Waals surface area contributed by atoms with Crippen LogP contribution in [0.1, 0.15) is 0 Å². The summed E-state index contributed by atoms with van der Waals surface area (Å²) in [5, 5.41) is 7.78. The van der Waals surface area contributed by atoms with Crippen LogP contribution in [0.25, 0.3) is 16.9 Å². The lowest BCUT2D eigenvalue weighted by Crippen LogP contribution is -2.04. The van der Waals surface area contributed by atoms with Gasteiger partial charge >= 0.3 is 0 Å². The van der Waals surface area contributed by atoms with Crippen molar-refractivity contribution in [2.75, 3.05) is 12.8 Å². The van der Waals surface area contributed by atoms with Crippen LogP contribution in [-0.2, 0) is 0 Å². The molecule has 0 amide bonds. The summed E-state index contributed by atoms with van der Waals surface area (Å²) in [6.07, 6.45) is 0. The van der Waals surface area contributed by atoms with Crippen molar-refractivity contribution in [3.63, 3.8) is 0 Å². The molecule has 0 aliphatic carbocycles. The SMILES string of the molecule is COc1ccccc1-n1nnc(-c2cc(F)ccc2F)c1N. The topological polar surface area (TPSA) is 66.0 Å². The van der Waals surface area contributed by atoms with Crippen molar-refractivity contribution in [1.29, 1.82) is 0 Å². The van der Waals surface area contributed by atoms with E-state index in [0.29, 0.717) is 11.4 Å². The Kier molecular flexibility index (Phi) is 3.46. The Morgan fingerprint density at radius 3 is 2.68 bits per heavy atom. The molecule has 0 bridgehead atoms. The van der Waals surface area contributed by atoms with E-state index in [2.05, 4.69) is 10.3 Å². The zero-order chi connectivity index (χ0) is 15.7. The average Bonchev–Trinajstić information content (AvgIpc) is 2.91. The molecule has 0 saturated heterocycles. The highest BCUT2D eigenvalue weighted by atomic mass is 19.1. The summed E-state index contributed by atoms with van der Waals surface area (Å²) >= 11 is 0. The van der Waals surface area contributed by atoms with Gasteiger partial charge in [-0.3, -0.25) is 0 Å². The van der Waals surface area contributed by atoms with E-state index < -0.39 is 11.6 Å². The van der Waals surface area contributed by atoms with E-state index in [1.807, 2.05) is 0 Å². The minimum absolute atomic E-state index is 0.0429. The number of halogens is 2. The van der Waals surface area contributed by atoms with Crippen molar-refractivity contribution in [1.82, 2.24) is 15.0 Å². The number of aromatic nitrogens is 3. The van der Waals surface area contributed by atoms with Crippen LogP contribution < -0.4 is 10.5 Å². The van der Waals surface area contributed by atoms with E-state index in [-0.39, 0.29) is 17.1 Å². The smallest absolute Gasteiger partial charge is 0.156 e. The van der Waals surface area contributed by atoms with Gasteiger partial charge in [-0.15, -0.1) is 5.10 Å². The zero-order valence-corrected chi connectivity index (χ0v) is 11.6. The highest BCUT2D eigenvalue weighted by Crippen LogP contribution is 2.30. The lowest BCUT2D eigenvalue weighted by atomic mass is 10.1. The molecule has 0 radical (unpaired) electrons. The molecular weight excluding hydrogens is 290 g/mol. The number of para-hydroxylation sites is 2. The molecule has 1 heterocycles. The Labute approximate surface area is 124 Å². The molecule has 22 heavy (non-hydrogen) atoms. The number of nitrogen functional groups attached to an aromatic ring is 1. The molecule has 0 spiro atoms. The minimum Gasteiger partial charge on any atom is -0.494 e. The summed E-state index contributed by atoms with van der Waals surface area (Å²) in [5.74, 6) is -0.581. The van der Waals surface area contributed by atoms with E-state index >= 15 is 0 Å². The van der Waals surface area contributed by atoms with Crippen molar-refractivity contribution in [3.05, 3.63) is 54.1 Å². The molecular formula is C15H12F2N4O. The number of nitrogens with two attached hydrogens (primary N) is 1. The molecule has 0 atom stereocenters. The van der Waals surface area contributed by atoms with E-state index in [4.69, 9.17) is 10.5 Å². The lowest BCUT2D eigenvalue weighted by Gasteiger charge is -2.08. The van der Waals surface area contributed by atoms with Gasteiger partial charge in [0.1, 0.15) is 28.8 Å². The standard InChI is InChI=1S/C15H12F2N4O/c1-22-13-5-3-2-4-12(13)21-15(18)14(19-20-21)10-8-9(16)6-7-11(10)17/h2-8H,18H2,1H3. The molecule has 2 N–H and O–H groups in total. The number of benzene rings is 2. The quantitative estimate of drug-likeness (QED) is 0.808. The number of rotatable bonds is 3. The zero-order valence-electron chi connectivity index (χ0n) is 11.6. The first-order chi connectivity index (χ1) is 10.6. The van der Waals surface area contributed by atoms with Gasteiger partial charge in [-0.05, 0) is 30.3 Å². The normalized spacial score (nSPS) is 10.7. The number of anilines is 1. The predicted molar refractivity (Wildman–Crippen MR) is 77.7 cm³/mol. The van der Waals surface area contributed by atoms with Gasteiger partial charge < -0.3 is 10.5 Å². The molecule has 7 heteroatoms. The number of methoxy groups -OCH3 is 1. The second-order valence-corrected chi connectivity index (χ2v) is 4.53. The van der Waals surface area contributed by atoms with E-state index in [1.54, 1.807) is 24.3 Å². The maximum absolute atomic E-state index is 13.9. The van der Waals surface area contributed by atoms with Gasteiger partial charge in [-0.25, -0.2) is 8.78 Å². The molecule has 0 saturated carbocycles. The molecule has 1 aromatic heterocycles. The Morgan fingerprint density at radius 1 is 1.14 bits per heavy atom. The molecule has 0 aliphatic rings. The van der Waals surface area contributed by atoms with Crippen molar-refractivity contribution in [2.45, 2.75) is 0 Å². The molecule has 0 unspecified atom stereocenters. The van der Waals surface area contributed by atoms with Crippen LogP contribution in [0.3, 0.4) is 0 Å². The van der Waals surface area contributed by atoms with Gasteiger partial charge in [-0.2, -0.15) is 4.68 Å². The molecule has 5 nitrogen and oxygen atoms in total. The van der Waals surface area contributed by atoms with Crippen LogP contribution in [0, 0.1) is 11.6 Å². The Morgan fingerprint density at radius 2 is 1.91 bits per heavy atom. The van der Waals surface area contributed by atoms with Crippen LogP contribution >= 0.6 is 0 Å². The number of ether oxygens (including phenoxy) is 1. The van der Waals surface area contributed by atoms with Gasteiger partial charge in [0.05, 0.1) is 7.11 Å². The fourth-order valence-electron chi connectivity index (χ4n) is 2.14. The second kappa shape index (κ2) is 5.44. The first kappa shape index (κ1) is 14.0. The molecule has 112 valence electrons. The molecule has 0 fully saturated rings. The third kappa shape index (κ3) is 2.26. The lowest BCUT2D eigenvalue weighted by molar-refractivity contribution is 0.411. The third-order valence-electron chi connectivity index (χ3n) is 3.20. The summed E-state index contributed by atoms with van der Waals surface area (Å²) in [5.41, 5.74) is 6.59. The third-order valence-corrected chi connectivity index (χ3v) is 3.20. The highest BCUT2D eigenvalue weighted by Gasteiger charge is 2.18. The monoisotopic (exact) mass is 302 g/mol. The van der Waals surface area contributed by atoms with Crippen molar-refractivity contribution < 1.29 is 13.5 Å². The van der Waals surface area contributed by atoms with Gasteiger partial charge in [0.15, 0.2) is 5.82 Å². The first-order valence-corrected chi connectivity index (χ1v) is 6.42. The fraction of sp³-hybridized carbons (Fsp3) is 0.0667. The van der Waals surface area contributed by atoms with Gasteiger partial charge in [0.2, 0.25) is 0 Å². The van der Waals surface area contributed by atoms with E-state index in [0.717, 1.165) is 18.2 Å². The molecule has 3 rings (SSSR count). The van der Waals surface area contributed by atoms with Crippen molar-refractivity contribution in [3.8, 4) is 22.7 Å². The largest absolute Gasteiger partial charge is 0.494 e. The molecule has 2 aromatic carbocycles. The maximum Gasteiger partial charge on any atom is 0.156 e. The van der Waals surface area contributed by atoms with E-state index in [9.17, 15) is 8.78 Å². The summed E-state index contributed by atoms with van der Waals surface area (Å²) in [7, 11) is 1.51. The first-order valence-electron chi connectivity index (χ1n) is 6.42. The Balaban J connectivity index is 2.15. The van der Waals surface area contributed by atoms with E-state index in [1.165, 1.54) is 11.8 Å². The minimum atomic E-state index is -0.625. The van der Waals surface area contributed by atoms with Crippen molar-refractivity contribution >= 4 is 5.82 Å². The number of hydrogen-bond acceptors (Lipinski definition) is 4. The van der Waals surface area contributed by atoms with Crippen molar-refractivity contribution in [2.24, 2.45) is 0 Å². The second-order valence-electron chi connectivity index (χ2n) is 4.53. The van der Waals surface area contributed by atoms with Crippen LogP contribution in [0.5, 0.6) is 5.75 Å². The van der Waals surface area contributed by atoms with Crippen LogP contribution in [0.2, 0.25) is 0 Å². The Bertz CT molecular complexity index is 832. The summed E-state index contributed by atoms with van der Waals surface area (Å²) in [6.45, 7) is 0. The maximum atomic E-state index is 13.9. The van der Waals surface area contributed by atoms with Crippen LogP contribution in [0.4, 0.5) is 14.6 Å². The summed E-state index contributed by atoms with van der Waals surface area (Å²) < 4.78 is 33.8. The van der Waals surface area contributed by atoms with Crippen LogP contribution in [0.15, 0.2) is 42.5 Å². The number of nitrogens with zero attached hydrogens (tertiary/aromatic N) is 3. The number of hydrogen-bond donors (Lipinski definition) is 1. The summed E-state index contributed by atoms with van der Waals surface area (Å²) in [4.78, 5) is 0. The van der Waals surface area contributed by atoms with Gasteiger partial charge in [0, 0.05) is 5.56 Å². The average molecular weight is 302 g/mol.